The van der Waals surface area contributed by atoms with E-state index in [2.05, 4.69) is 17.2 Å². The molecule has 2 aromatic carbocycles. The first-order valence-corrected chi connectivity index (χ1v) is 11.1. The minimum absolute atomic E-state index is 0.0486. The zero-order chi connectivity index (χ0) is 21.2. The number of hydrogen-bond donors (Lipinski definition) is 1. The zero-order valence-corrected chi connectivity index (χ0v) is 18.2. The summed E-state index contributed by atoms with van der Waals surface area (Å²) in [6, 6.07) is 15.1. The van der Waals surface area contributed by atoms with Gasteiger partial charge >= 0.3 is 0 Å². The Morgan fingerprint density at radius 1 is 0.933 bits per heavy atom. The van der Waals surface area contributed by atoms with Gasteiger partial charge in [0.1, 0.15) is 11.6 Å². The lowest BCUT2D eigenvalue weighted by Crippen LogP contribution is -2.22. The third-order valence-corrected chi connectivity index (χ3v) is 5.26. The maximum atomic E-state index is 12.9. The predicted octanol–water partition coefficient (Wildman–Crippen LogP) is 5.02. The van der Waals surface area contributed by atoms with Gasteiger partial charge in [0.25, 0.3) is 5.56 Å². The molecule has 0 aliphatic rings. The second-order valence-electron chi connectivity index (χ2n) is 7.68. The zero-order valence-electron chi connectivity index (χ0n) is 18.2. The van der Waals surface area contributed by atoms with Crippen LogP contribution in [-0.4, -0.2) is 29.2 Å². The monoisotopic (exact) mass is 407 g/mol. The van der Waals surface area contributed by atoms with Gasteiger partial charge in [0.15, 0.2) is 0 Å². The molecular formula is C25H33N3O2. The van der Waals surface area contributed by atoms with E-state index in [0.29, 0.717) is 17.8 Å². The van der Waals surface area contributed by atoms with Crippen molar-refractivity contribution in [3.05, 3.63) is 64.7 Å². The topological polar surface area (TPSA) is 56.1 Å². The van der Waals surface area contributed by atoms with Gasteiger partial charge in [0.05, 0.1) is 23.2 Å². The molecule has 5 nitrogen and oxygen atoms in total. The largest absolute Gasteiger partial charge is 0.494 e. The SMILES string of the molecule is CCCCCCCNCCCOc1ccc(-n2c(C)nc3ccccc3c2=O)cc1. The van der Waals surface area contributed by atoms with Crippen molar-refractivity contribution >= 4 is 10.9 Å². The second-order valence-corrected chi connectivity index (χ2v) is 7.68. The lowest BCUT2D eigenvalue weighted by atomic mass is 10.1. The summed E-state index contributed by atoms with van der Waals surface area (Å²) < 4.78 is 7.49. The molecule has 0 saturated heterocycles. The minimum Gasteiger partial charge on any atom is -0.494 e. The van der Waals surface area contributed by atoms with E-state index >= 15 is 0 Å². The van der Waals surface area contributed by atoms with Crippen LogP contribution in [-0.2, 0) is 0 Å². The summed E-state index contributed by atoms with van der Waals surface area (Å²) in [6.07, 6.45) is 7.53. The molecule has 0 bridgehead atoms. The maximum Gasteiger partial charge on any atom is 0.265 e. The molecule has 0 aliphatic carbocycles. The molecule has 0 aliphatic heterocycles. The van der Waals surface area contributed by atoms with Crippen molar-refractivity contribution in [2.24, 2.45) is 0 Å². The fourth-order valence-electron chi connectivity index (χ4n) is 3.60. The van der Waals surface area contributed by atoms with Crippen LogP contribution in [0.2, 0.25) is 0 Å². The molecule has 5 heteroatoms. The number of fused-ring (bicyclic) bond motifs is 1. The average Bonchev–Trinajstić information content (AvgIpc) is 2.76. The van der Waals surface area contributed by atoms with Crippen LogP contribution in [0.15, 0.2) is 53.3 Å². The van der Waals surface area contributed by atoms with Crippen molar-refractivity contribution in [2.75, 3.05) is 19.7 Å². The average molecular weight is 408 g/mol. The maximum absolute atomic E-state index is 12.9. The van der Waals surface area contributed by atoms with Crippen LogP contribution in [0.3, 0.4) is 0 Å². The minimum atomic E-state index is -0.0486. The fraction of sp³-hybridized carbons (Fsp3) is 0.440. The van der Waals surface area contributed by atoms with E-state index in [1.807, 2.05) is 55.5 Å². The molecule has 0 unspecified atom stereocenters. The molecule has 0 saturated carbocycles. The van der Waals surface area contributed by atoms with Crippen LogP contribution in [0.4, 0.5) is 0 Å². The molecule has 0 amide bonds. The molecular weight excluding hydrogens is 374 g/mol. The first kappa shape index (κ1) is 22.0. The van der Waals surface area contributed by atoms with Gasteiger partial charge in [-0.15, -0.1) is 0 Å². The molecule has 0 spiro atoms. The van der Waals surface area contributed by atoms with E-state index in [1.165, 1.54) is 32.1 Å². The van der Waals surface area contributed by atoms with Gasteiger partial charge in [-0.25, -0.2) is 4.98 Å². The van der Waals surface area contributed by atoms with E-state index in [1.54, 1.807) is 4.57 Å². The lowest BCUT2D eigenvalue weighted by Gasteiger charge is -2.12. The summed E-state index contributed by atoms with van der Waals surface area (Å²) in [4.78, 5) is 17.5. The molecule has 0 fully saturated rings. The molecule has 0 radical (unpaired) electrons. The third-order valence-electron chi connectivity index (χ3n) is 5.26. The first-order chi connectivity index (χ1) is 14.7. The number of benzene rings is 2. The van der Waals surface area contributed by atoms with E-state index in [4.69, 9.17) is 4.74 Å². The van der Waals surface area contributed by atoms with Gasteiger partial charge in [-0.05, 0) is 69.3 Å². The van der Waals surface area contributed by atoms with E-state index in [9.17, 15) is 4.79 Å². The van der Waals surface area contributed by atoms with Gasteiger partial charge in [-0.2, -0.15) is 0 Å². The predicted molar refractivity (Wildman–Crippen MR) is 124 cm³/mol. The quantitative estimate of drug-likeness (QED) is 0.428. The van der Waals surface area contributed by atoms with E-state index in [-0.39, 0.29) is 5.56 Å². The number of para-hydroxylation sites is 1. The fourth-order valence-corrected chi connectivity index (χ4v) is 3.60. The third kappa shape index (κ3) is 5.92. The Morgan fingerprint density at radius 2 is 1.67 bits per heavy atom. The molecule has 1 aromatic heterocycles. The van der Waals surface area contributed by atoms with Crippen LogP contribution in [0, 0.1) is 6.92 Å². The highest BCUT2D eigenvalue weighted by Crippen LogP contribution is 2.17. The summed E-state index contributed by atoms with van der Waals surface area (Å²) in [5.74, 6) is 1.49. The number of hydrogen-bond acceptors (Lipinski definition) is 4. The Morgan fingerprint density at radius 3 is 2.47 bits per heavy atom. The van der Waals surface area contributed by atoms with Crippen molar-refractivity contribution in [3.8, 4) is 11.4 Å². The standard InChI is InChI=1S/C25H33N3O2/c1-3-4-5-6-9-17-26-18-10-19-30-22-15-13-21(14-16-22)28-20(2)27-24-12-8-7-11-23(24)25(28)29/h7-8,11-16,26H,3-6,9-10,17-19H2,1-2H3. The van der Waals surface area contributed by atoms with Crippen molar-refractivity contribution in [1.29, 1.82) is 0 Å². The van der Waals surface area contributed by atoms with Gasteiger partial charge in [-0.3, -0.25) is 9.36 Å². The van der Waals surface area contributed by atoms with Crippen LogP contribution in [0.1, 0.15) is 51.3 Å². The summed E-state index contributed by atoms with van der Waals surface area (Å²) in [6.45, 7) is 6.84. The molecule has 30 heavy (non-hydrogen) atoms. The molecule has 1 heterocycles. The van der Waals surface area contributed by atoms with Crippen molar-refractivity contribution in [1.82, 2.24) is 14.9 Å². The van der Waals surface area contributed by atoms with Gasteiger partial charge in [-0.1, -0.05) is 44.7 Å². The van der Waals surface area contributed by atoms with Crippen LogP contribution in [0.5, 0.6) is 5.75 Å². The van der Waals surface area contributed by atoms with Gasteiger partial charge in [0.2, 0.25) is 0 Å². The lowest BCUT2D eigenvalue weighted by molar-refractivity contribution is 0.308. The molecule has 0 atom stereocenters. The number of ether oxygens (including phenoxy) is 1. The Balaban J connectivity index is 1.48. The molecule has 3 rings (SSSR count). The Labute approximate surface area is 179 Å². The Hall–Kier alpha value is -2.66. The van der Waals surface area contributed by atoms with Gasteiger partial charge in [0, 0.05) is 0 Å². The second kappa shape index (κ2) is 11.5. The number of rotatable bonds is 12. The van der Waals surface area contributed by atoms with Crippen molar-refractivity contribution in [3.63, 3.8) is 0 Å². The number of aromatic nitrogens is 2. The van der Waals surface area contributed by atoms with Crippen molar-refractivity contribution < 1.29 is 4.74 Å². The molecule has 3 aromatic rings. The highest BCUT2D eigenvalue weighted by Gasteiger charge is 2.09. The van der Waals surface area contributed by atoms with Crippen LogP contribution in [0.25, 0.3) is 16.6 Å². The summed E-state index contributed by atoms with van der Waals surface area (Å²) >= 11 is 0. The van der Waals surface area contributed by atoms with Crippen molar-refractivity contribution in [2.45, 2.75) is 52.4 Å². The highest BCUT2D eigenvalue weighted by molar-refractivity contribution is 5.77. The van der Waals surface area contributed by atoms with E-state index in [0.717, 1.165) is 36.5 Å². The smallest absolute Gasteiger partial charge is 0.265 e. The van der Waals surface area contributed by atoms with Crippen LogP contribution < -0.4 is 15.6 Å². The highest BCUT2D eigenvalue weighted by atomic mass is 16.5. The number of aryl methyl sites for hydroxylation is 1. The Kier molecular flexibility index (Phi) is 8.45. The van der Waals surface area contributed by atoms with E-state index < -0.39 is 0 Å². The number of nitrogens with one attached hydrogen (secondary N) is 1. The summed E-state index contributed by atoms with van der Waals surface area (Å²) in [5, 5.41) is 4.11. The summed E-state index contributed by atoms with van der Waals surface area (Å²) in [5.41, 5.74) is 1.48. The number of nitrogens with zero attached hydrogens (tertiary/aromatic N) is 2. The normalized spacial score (nSPS) is 11.1. The van der Waals surface area contributed by atoms with Crippen LogP contribution >= 0.6 is 0 Å². The number of unbranched alkanes of at least 4 members (excludes halogenated alkanes) is 4. The first-order valence-electron chi connectivity index (χ1n) is 11.1. The molecule has 1 N–H and O–H groups in total. The Bertz CT molecular complexity index is 980. The summed E-state index contributed by atoms with van der Waals surface area (Å²) in [7, 11) is 0. The van der Waals surface area contributed by atoms with Gasteiger partial charge < -0.3 is 10.1 Å². The molecule has 160 valence electrons.